The first-order valence-electron chi connectivity index (χ1n) is 6.99. The van der Waals surface area contributed by atoms with Gasteiger partial charge in [-0.2, -0.15) is 0 Å². The Hall–Kier alpha value is -1.72. The lowest BCUT2D eigenvalue weighted by Gasteiger charge is -2.18. The lowest BCUT2D eigenvalue weighted by Crippen LogP contribution is -2.15. The summed E-state index contributed by atoms with van der Waals surface area (Å²) in [6.45, 7) is 3.94. The van der Waals surface area contributed by atoms with E-state index in [1.807, 2.05) is 24.4 Å². The fraction of sp³-hybridized carbons (Fsp3) is 0.312. The number of hydrogen-bond donors (Lipinski definition) is 1. The van der Waals surface area contributed by atoms with Crippen LogP contribution in [0.2, 0.25) is 0 Å². The summed E-state index contributed by atoms with van der Waals surface area (Å²) in [6, 6.07) is 8.15. The molecule has 0 fully saturated rings. The van der Waals surface area contributed by atoms with E-state index in [4.69, 9.17) is 15.2 Å². The van der Waals surface area contributed by atoms with E-state index in [0.717, 1.165) is 27.8 Å². The number of pyridine rings is 1. The van der Waals surface area contributed by atoms with Crippen molar-refractivity contribution in [3.8, 4) is 11.5 Å². The van der Waals surface area contributed by atoms with Crippen LogP contribution in [-0.2, 0) is 6.42 Å². The summed E-state index contributed by atoms with van der Waals surface area (Å²) >= 11 is 1.64. The van der Waals surface area contributed by atoms with Gasteiger partial charge in [-0.3, -0.25) is 0 Å². The van der Waals surface area contributed by atoms with Crippen molar-refractivity contribution in [1.29, 1.82) is 0 Å². The van der Waals surface area contributed by atoms with Crippen LogP contribution in [0.1, 0.15) is 11.1 Å². The Morgan fingerprint density at radius 3 is 2.76 bits per heavy atom. The van der Waals surface area contributed by atoms with Gasteiger partial charge in [-0.05, 0) is 49.2 Å². The molecule has 1 aromatic carbocycles. The second-order valence-electron chi connectivity index (χ2n) is 4.91. The highest BCUT2D eigenvalue weighted by Gasteiger charge is 2.13. The highest BCUT2D eigenvalue weighted by molar-refractivity contribution is 7.99. The van der Waals surface area contributed by atoms with Gasteiger partial charge in [-0.25, -0.2) is 4.98 Å². The van der Waals surface area contributed by atoms with Gasteiger partial charge in [0.25, 0.3) is 0 Å². The second kappa shape index (κ2) is 6.37. The third-order valence-electron chi connectivity index (χ3n) is 3.25. The molecule has 2 aromatic rings. The Kier molecular flexibility index (Phi) is 4.31. The molecule has 4 nitrogen and oxygen atoms in total. The normalized spacial score (nSPS) is 13.2. The summed E-state index contributed by atoms with van der Waals surface area (Å²) in [5.74, 6) is 1.62. The van der Waals surface area contributed by atoms with E-state index >= 15 is 0 Å². The van der Waals surface area contributed by atoms with Crippen LogP contribution in [0.4, 0.5) is 0 Å². The number of aromatic nitrogens is 1. The van der Waals surface area contributed by atoms with E-state index in [1.165, 1.54) is 11.1 Å². The summed E-state index contributed by atoms with van der Waals surface area (Å²) in [4.78, 5) is 5.64. The number of benzene rings is 1. The van der Waals surface area contributed by atoms with Gasteiger partial charge < -0.3 is 15.2 Å². The van der Waals surface area contributed by atoms with E-state index in [9.17, 15) is 0 Å². The topological polar surface area (TPSA) is 57.4 Å². The minimum Gasteiger partial charge on any atom is -0.486 e. The molecule has 1 aliphatic heterocycles. The first-order valence-corrected chi connectivity index (χ1v) is 7.81. The molecule has 0 radical (unpaired) electrons. The van der Waals surface area contributed by atoms with Crippen LogP contribution in [0.15, 0.2) is 40.4 Å². The van der Waals surface area contributed by atoms with Gasteiger partial charge in [0.2, 0.25) is 0 Å². The van der Waals surface area contributed by atoms with E-state index in [0.29, 0.717) is 19.8 Å². The predicted molar refractivity (Wildman–Crippen MR) is 83.3 cm³/mol. The smallest absolute Gasteiger partial charge is 0.162 e. The van der Waals surface area contributed by atoms with Crippen molar-refractivity contribution in [2.75, 3.05) is 19.8 Å². The van der Waals surface area contributed by atoms with Gasteiger partial charge in [-0.15, -0.1) is 0 Å². The quantitative estimate of drug-likeness (QED) is 0.941. The summed E-state index contributed by atoms with van der Waals surface area (Å²) < 4.78 is 11.1. The molecule has 0 unspecified atom stereocenters. The highest BCUT2D eigenvalue weighted by Crippen LogP contribution is 2.37. The molecular formula is C16H18N2O2S. The first kappa shape index (κ1) is 14.2. The third kappa shape index (κ3) is 3.31. The third-order valence-corrected chi connectivity index (χ3v) is 4.36. The van der Waals surface area contributed by atoms with Crippen LogP contribution in [0.3, 0.4) is 0 Å². The van der Waals surface area contributed by atoms with E-state index in [-0.39, 0.29) is 0 Å². The number of rotatable bonds is 4. The summed E-state index contributed by atoms with van der Waals surface area (Å²) in [7, 11) is 0. The average molecular weight is 302 g/mol. The lowest BCUT2D eigenvalue weighted by molar-refractivity contribution is 0.171. The maximum absolute atomic E-state index is 5.61. The molecule has 2 N–H and O–H groups in total. The van der Waals surface area contributed by atoms with Crippen LogP contribution >= 0.6 is 11.8 Å². The Bertz CT molecular complexity index is 646. The van der Waals surface area contributed by atoms with Crippen molar-refractivity contribution in [3.63, 3.8) is 0 Å². The summed E-state index contributed by atoms with van der Waals surface area (Å²) in [5.41, 5.74) is 7.93. The molecule has 110 valence electrons. The maximum atomic E-state index is 5.61. The zero-order valence-corrected chi connectivity index (χ0v) is 12.8. The van der Waals surface area contributed by atoms with Crippen molar-refractivity contribution >= 4 is 11.8 Å². The Balaban J connectivity index is 1.80. The molecule has 21 heavy (non-hydrogen) atoms. The second-order valence-corrected chi connectivity index (χ2v) is 5.97. The van der Waals surface area contributed by atoms with Crippen molar-refractivity contribution in [3.05, 3.63) is 41.6 Å². The molecule has 0 amide bonds. The minimum atomic E-state index is 0.603. The van der Waals surface area contributed by atoms with Crippen LogP contribution in [0.5, 0.6) is 11.5 Å². The van der Waals surface area contributed by atoms with Crippen molar-refractivity contribution in [2.24, 2.45) is 5.73 Å². The number of ether oxygens (including phenoxy) is 2. The van der Waals surface area contributed by atoms with E-state index in [2.05, 4.69) is 18.0 Å². The fourth-order valence-electron chi connectivity index (χ4n) is 2.23. The maximum Gasteiger partial charge on any atom is 0.162 e. The molecule has 1 aliphatic rings. The SMILES string of the molecule is Cc1cc(CCN)cnc1Sc1ccc2c(c1)OCCO2. The molecule has 0 bridgehead atoms. The van der Waals surface area contributed by atoms with Crippen molar-refractivity contribution in [2.45, 2.75) is 23.3 Å². The monoisotopic (exact) mass is 302 g/mol. The van der Waals surface area contributed by atoms with Crippen LogP contribution in [0, 0.1) is 6.92 Å². The molecule has 0 aliphatic carbocycles. The van der Waals surface area contributed by atoms with Gasteiger partial charge in [0.15, 0.2) is 11.5 Å². The lowest BCUT2D eigenvalue weighted by atomic mass is 10.2. The van der Waals surface area contributed by atoms with Gasteiger partial charge in [0, 0.05) is 11.1 Å². The summed E-state index contributed by atoms with van der Waals surface area (Å²) in [6.07, 6.45) is 2.77. The Morgan fingerprint density at radius 1 is 1.19 bits per heavy atom. The molecule has 0 spiro atoms. The molecule has 3 rings (SSSR count). The molecule has 2 heterocycles. The average Bonchev–Trinajstić information content (AvgIpc) is 2.50. The fourth-order valence-corrected chi connectivity index (χ4v) is 3.08. The Labute approximate surface area is 128 Å². The van der Waals surface area contributed by atoms with Gasteiger partial charge in [-0.1, -0.05) is 17.8 Å². The largest absolute Gasteiger partial charge is 0.486 e. The van der Waals surface area contributed by atoms with Crippen LogP contribution < -0.4 is 15.2 Å². The van der Waals surface area contributed by atoms with Crippen LogP contribution in [-0.4, -0.2) is 24.7 Å². The zero-order valence-electron chi connectivity index (χ0n) is 12.0. The molecular weight excluding hydrogens is 284 g/mol. The van der Waals surface area contributed by atoms with Crippen molar-refractivity contribution < 1.29 is 9.47 Å². The standard InChI is InChI=1S/C16H18N2O2S/c1-11-8-12(4-5-17)10-18-16(11)21-13-2-3-14-15(9-13)20-7-6-19-14/h2-3,8-10H,4-7,17H2,1H3. The number of fused-ring (bicyclic) bond motifs is 1. The van der Waals surface area contributed by atoms with Gasteiger partial charge in [0.05, 0.1) is 0 Å². The number of hydrogen-bond acceptors (Lipinski definition) is 5. The molecule has 0 saturated carbocycles. The molecule has 1 aromatic heterocycles. The van der Waals surface area contributed by atoms with Gasteiger partial charge >= 0.3 is 0 Å². The number of nitrogens with two attached hydrogens (primary N) is 1. The van der Waals surface area contributed by atoms with Gasteiger partial charge in [0.1, 0.15) is 18.2 Å². The molecule has 0 atom stereocenters. The zero-order chi connectivity index (χ0) is 14.7. The summed E-state index contributed by atoms with van der Waals surface area (Å²) in [5, 5.41) is 1.01. The van der Waals surface area contributed by atoms with E-state index in [1.54, 1.807) is 11.8 Å². The predicted octanol–water partition coefficient (Wildman–Crippen LogP) is 2.81. The minimum absolute atomic E-state index is 0.603. The number of aryl methyl sites for hydroxylation is 1. The van der Waals surface area contributed by atoms with E-state index < -0.39 is 0 Å². The number of nitrogens with zero attached hydrogens (tertiary/aromatic N) is 1. The Morgan fingerprint density at radius 2 is 2.00 bits per heavy atom. The molecule has 5 heteroatoms. The highest BCUT2D eigenvalue weighted by atomic mass is 32.2. The van der Waals surface area contributed by atoms with Crippen LogP contribution in [0.25, 0.3) is 0 Å². The first-order chi connectivity index (χ1) is 10.3. The van der Waals surface area contributed by atoms with Crippen molar-refractivity contribution in [1.82, 2.24) is 4.98 Å². The molecule has 0 saturated heterocycles.